The third kappa shape index (κ3) is 8.08. The van der Waals surface area contributed by atoms with Crippen LogP contribution in [0.3, 0.4) is 0 Å². The van der Waals surface area contributed by atoms with Gasteiger partial charge in [-0.05, 0) is 57.0 Å². The van der Waals surface area contributed by atoms with Gasteiger partial charge in [0.1, 0.15) is 30.2 Å². The maximum absolute atomic E-state index is 6.38. The first-order valence-corrected chi connectivity index (χ1v) is 20.8. The quantitative estimate of drug-likeness (QED) is 0.0756. The second-order valence-corrected chi connectivity index (χ2v) is 14.8. The zero-order valence-corrected chi connectivity index (χ0v) is 37.7. The third-order valence-electron chi connectivity index (χ3n) is 10.9. The Morgan fingerprint density at radius 3 is 1.69 bits per heavy atom. The van der Waals surface area contributed by atoms with E-state index in [9.17, 15) is 0 Å². The fourth-order valence-corrected chi connectivity index (χ4v) is 7.96. The summed E-state index contributed by atoms with van der Waals surface area (Å²) in [6, 6.07) is 41.7. The molecule has 0 spiro atoms. The Balaban J connectivity index is 0.00000484. The molecule has 0 saturated carbocycles. The van der Waals surface area contributed by atoms with Crippen LogP contribution in [-0.4, -0.2) is 82.8 Å². The van der Waals surface area contributed by atoms with Gasteiger partial charge in [-0.1, -0.05) is 103 Å². The molecule has 2 aliphatic rings. The summed E-state index contributed by atoms with van der Waals surface area (Å²) in [5, 5.41) is 4.60. The van der Waals surface area contributed by atoms with Gasteiger partial charge in [-0.25, -0.2) is 9.97 Å². The molecule has 6 heterocycles. The maximum atomic E-state index is 6.38. The molecule has 0 aliphatic carbocycles. The predicted molar refractivity (Wildman–Crippen MR) is 241 cm³/mol. The molecule has 4 aromatic heterocycles. The van der Waals surface area contributed by atoms with Crippen LogP contribution in [0.2, 0.25) is 0 Å². The van der Waals surface area contributed by atoms with E-state index in [0.29, 0.717) is 93.0 Å². The van der Waals surface area contributed by atoms with Crippen LogP contribution in [-0.2, 0) is 33.7 Å². The summed E-state index contributed by atoms with van der Waals surface area (Å²) in [5.41, 5.74) is 7.30. The molecule has 8 bridgehead atoms. The first-order chi connectivity index (χ1) is 31.2. The molecule has 5 aromatic carbocycles. The zero-order chi connectivity index (χ0) is 42.0. The molecule has 0 saturated heterocycles. The molecule has 2 aliphatic heterocycles. The van der Waals surface area contributed by atoms with E-state index in [0.717, 1.165) is 71.7 Å². The van der Waals surface area contributed by atoms with E-state index < -0.39 is 0 Å². The van der Waals surface area contributed by atoms with E-state index in [-0.39, 0.29) is 19.5 Å². The minimum atomic E-state index is 0. The monoisotopic (exact) mass is 894 g/mol. The Morgan fingerprint density at radius 1 is 0.422 bits per heavy atom. The predicted octanol–water partition coefficient (Wildman–Crippen LogP) is 8.79. The van der Waals surface area contributed by atoms with Gasteiger partial charge in [0.05, 0.1) is 62.8 Å². The standard InChI is InChI=1S/C50H38N8O5.Zn/c1-3-14-34-32(12-1)39-30-40-33-13-2-4-15-35(33)46(53-40)57-50-43-38(49(58-50)56-48-37-17-6-5-16-36(37)47(55-48)54-45(34)52-39)18-8-19-41(43)62-28-26-60-24-22-59-23-25-61-27-29-63-42-20-7-10-31-11-9-21-51-44(31)42;/h1-21,30H,22-29H2;/q-2;+2. The number of fused-ring (bicyclic) bond motifs is 21. The second kappa shape index (κ2) is 18.4. The van der Waals surface area contributed by atoms with Crippen LogP contribution in [0.25, 0.3) is 100 Å². The number of rotatable bonds is 14. The SMILES string of the molecule is [Zn+2].c1ccc2c(c1)-c1cc3[n-]c(nc4nc(nc5[n-]c(nc-2n1)c1ccccc51)-c1cccc(OCCOCCOCCOCCOc2cccc5cccnc25)c1-4)c1ccccc31. The second-order valence-electron chi connectivity index (χ2n) is 14.8. The molecule has 0 fully saturated rings. The number of benzene rings is 5. The van der Waals surface area contributed by atoms with Crippen molar-refractivity contribution >= 4 is 54.9 Å². The van der Waals surface area contributed by atoms with E-state index in [4.69, 9.17) is 58.6 Å². The minimum Gasteiger partial charge on any atom is -0.490 e. The Hall–Kier alpha value is -6.96. The molecule has 0 radical (unpaired) electrons. The summed E-state index contributed by atoms with van der Waals surface area (Å²) in [6.07, 6.45) is 1.76. The zero-order valence-electron chi connectivity index (χ0n) is 34.7. The van der Waals surface area contributed by atoms with Gasteiger partial charge in [-0.2, -0.15) is 0 Å². The summed E-state index contributed by atoms with van der Waals surface area (Å²) < 4.78 is 29.5. The van der Waals surface area contributed by atoms with E-state index >= 15 is 0 Å². The number of aromatic nitrogens is 8. The number of pyridine rings is 1. The number of hydrogen-bond donors (Lipinski definition) is 0. The van der Waals surface area contributed by atoms with Crippen LogP contribution in [0.4, 0.5) is 0 Å². The fraction of sp³-hybridized carbons (Fsp3) is 0.160. The van der Waals surface area contributed by atoms with Gasteiger partial charge < -0.3 is 48.6 Å². The Bertz CT molecular complexity index is 3330. The summed E-state index contributed by atoms with van der Waals surface area (Å²) in [7, 11) is 0. The first kappa shape index (κ1) is 41.1. The van der Waals surface area contributed by atoms with Gasteiger partial charge in [-0.3, -0.25) is 4.98 Å². The molecule has 0 N–H and O–H groups in total. The smallest absolute Gasteiger partial charge is 0.490 e. The number of hydrogen-bond acceptors (Lipinski definition) is 11. The van der Waals surface area contributed by atoms with Gasteiger partial charge in [0.25, 0.3) is 0 Å². The molecule has 0 atom stereocenters. The van der Waals surface area contributed by atoms with Crippen LogP contribution in [0.1, 0.15) is 0 Å². The Labute approximate surface area is 379 Å². The van der Waals surface area contributed by atoms with Crippen molar-refractivity contribution in [2.45, 2.75) is 0 Å². The summed E-state index contributed by atoms with van der Waals surface area (Å²) in [5.74, 6) is 2.83. The fourth-order valence-electron chi connectivity index (χ4n) is 7.96. The molecule has 64 heavy (non-hydrogen) atoms. The van der Waals surface area contributed by atoms with Crippen molar-refractivity contribution in [3.63, 3.8) is 0 Å². The van der Waals surface area contributed by atoms with Crippen molar-refractivity contribution in [3.8, 4) is 56.9 Å². The van der Waals surface area contributed by atoms with E-state index in [1.165, 1.54) is 0 Å². The number of nitrogens with zero attached hydrogens (tertiary/aromatic N) is 8. The number of para-hydroxylation sites is 1. The maximum Gasteiger partial charge on any atom is 2.00 e. The van der Waals surface area contributed by atoms with Gasteiger partial charge in [0.2, 0.25) is 0 Å². The molecular formula is C50H38N8O5Zn. The average Bonchev–Trinajstić information content (AvgIpc) is 4.07. The summed E-state index contributed by atoms with van der Waals surface area (Å²) in [6.45, 7) is 3.25. The van der Waals surface area contributed by atoms with Gasteiger partial charge in [0, 0.05) is 45.1 Å². The Kier molecular flexibility index (Phi) is 11.8. The van der Waals surface area contributed by atoms with E-state index in [2.05, 4.69) is 11.1 Å². The van der Waals surface area contributed by atoms with Crippen LogP contribution in [0.15, 0.2) is 134 Å². The van der Waals surface area contributed by atoms with Crippen LogP contribution in [0.5, 0.6) is 11.5 Å². The van der Waals surface area contributed by atoms with Gasteiger partial charge in [-0.15, -0.1) is 0 Å². The normalized spacial score (nSPS) is 11.7. The molecule has 9 aromatic rings. The topological polar surface area (TPSA) is 152 Å². The van der Waals surface area contributed by atoms with E-state index in [1.54, 1.807) is 6.20 Å². The largest absolute Gasteiger partial charge is 2.00 e. The van der Waals surface area contributed by atoms with Crippen molar-refractivity contribution < 1.29 is 43.2 Å². The van der Waals surface area contributed by atoms with Crippen molar-refractivity contribution in [2.24, 2.45) is 0 Å². The van der Waals surface area contributed by atoms with Crippen molar-refractivity contribution in [3.05, 3.63) is 134 Å². The van der Waals surface area contributed by atoms with Crippen molar-refractivity contribution in [1.29, 1.82) is 0 Å². The first-order valence-electron chi connectivity index (χ1n) is 20.8. The van der Waals surface area contributed by atoms with E-state index in [1.807, 2.05) is 121 Å². The van der Waals surface area contributed by atoms with Crippen molar-refractivity contribution in [1.82, 2.24) is 39.9 Å². The number of ether oxygens (including phenoxy) is 5. The minimum absolute atomic E-state index is 0. The molecule has 11 rings (SSSR count). The molecule has 14 heteroatoms. The average molecular weight is 896 g/mol. The molecule has 0 amide bonds. The van der Waals surface area contributed by atoms with Gasteiger partial charge in [0.15, 0.2) is 0 Å². The summed E-state index contributed by atoms with van der Waals surface area (Å²) >= 11 is 0. The van der Waals surface area contributed by atoms with Crippen LogP contribution in [0, 0.1) is 0 Å². The van der Waals surface area contributed by atoms with Crippen LogP contribution >= 0.6 is 0 Å². The van der Waals surface area contributed by atoms with Gasteiger partial charge >= 0.3 is 19.5 Å². The summed E-state index contributed by atoms with van der Waals surface area (Å²) in [4.78, 5) is 39.8. The molecule has 0 unspecified atom stereocenters. The molecular weight excluding hydrogens is 858 g/mol. The van der Waals surface area contributed by atoms with Crippen molar-refractivity contribution in [2.75, 3.05) is 52.9 Å². The Morgan fingerprint density at radius 2 is 0.953 bits per heavy atom. The van der Waals surface area contributed by atoms with Crippen LogP contribution < -0.4 is 19.4 Å². The third-order valence-corrected chi connectivity index (χ3v) is 10.9. The molecule has 13 nitrogen and oxygen atoms in total. The molecule has 310 valence electrons.